The van der Waals surface area contributed by atoms with Crippen LogP contribution in [-0.2, 0) is 35.6 Å². The summed E-state index contributed by atoms with van der Waals surface area (Å²) in [6.07, 6.45) is 5.21. The van der Waals surface area contributed by atoms with Crippen molar-refractivity contribution in [1.82, 2.24) is 24.0 Å². The van der Waals surface area contributed by atoms with Gasteiger partial charge in [-0.1, -0.05) is 6.07 Å². The van der Waals surface area contributed by atoms with Gasteiger partial charge >= 0.3 is 0 Å². The Morgan fingerprint density at radius 2 is 1.95 bits per heavy atom. The number of guanidine groups is 1. The molecule has 0 saturated carbocycles. The fourth-order valence-electron chi connectivity index (χ4n) is 5.75. The topological polar surface area (TPSA) is 136 Å². The lowest BCUT2D eigenvalue weighted by atomic mass is 9.77. The quantitative estimate of drug-likeness (QED) is 0.426. The zero-order chi connectivity index (χ0) is 28.9. The second-order valence-electron chi connectivity index (χ2n) is 10.5. The first-order valence-corrected chi connectivity index (χ1v) is 14.2. The van der Waals surface area contributed by atoms with Crippen LogP contribution < -0.4 is 10.5 Å². The number of nitrogens with zero attached hydrogens (tertiary/aromatic N) is 6. The van der Waals surface area contributed by atoms with Crippen molar-refractivity contribution >= 4 is 21.8 Å². The predicted molar refractivity (Wildman–Crippen MR) is 147 cm³/mol. The number of Topliss-reactive ketones (excluding diaryl/α,β-unsaturated/α-hetero) is 1. The van der Waals surface area contributed by atoms with Crippen LogP contribution in [-0.4, -0.2) is 76.1 Å². The van der Waals surface area contributed by atoms with Gasteiger partial charge in [-0.3, -0.25) is 14.4 Å². The van der Waals surface area contributed by atoms with Crippen LogP contribution in [0.4, 0.5) is 4.39 Å². The summed E-state index contributed by atoms with van der Waals surface area (Å²) >= 11 is 0. The molecule has 1 aromatic carbocycles. The van der Waals surface area contributed by atoms with E-state index in [9.17, 15) is 13.2 Å². The molecular weight excluding hydrogens is 537 g/mol. The van der Waals surface area contributed by atoms with E-state index >= 15 is 4.39 Å². The molecule has 2 aromatic heterocycles. The standard InChI is InChI=1S/C27H32FN7O4S/c1-26(21-11-18(5-7-22(21)28)12-24(36)23-8-6-20(39-4)14-30-23)27(40(37,38)34(3)25(29)32-26)9-10-35(17-27)16-19-13-31-33(2)15-19/h5-8,11,13-15H,9-10,12,16-17H2,1-4H3,(H2,29,32)/t26-,27-/m1/s1. The van der Waals surface area contributed by atoms with Gasteiger partial charge in [-0.25, -0.2) is 27.1 Å². The van der Waals surface area contributed by atoms with Crippen molar-refractivity contribution in [1.29, 1.82) is 0 Å². The first-order valence-electron chi connectivity index (χ1n) is 12.8. The highest BCUT2D eigenvalue weighted by Gasteiger charge is 2.66. The van der Waals surface area contributed by atoms with Crippen molar-refractivity contribution in [2.75, 3.05) is 27.2 Å². The second-order valence-corrected chi connectivity index (χ2v) is 12.8. The van der Waals surface area contributed by atoms with Crippen LogP contribution in [0.1, 0.15) is 40.5 Å². The van der Waals surface area contributed by atoms with Crippen LogP contribution in [0, 0.1) is 5.82 Å². The molecule has 4 heterocycles. The number of rotatable bonds is 7. The van der Waals surface area contributed by atoms with Crippen molar-refractivity contribution in [3.05, 3.63) is 77.1 Å². The Bertz CT molecular complexity index is 1590. The van der Waals surface area contributed by atoms with Gasteiger partial charge < -0.3 is 10.5 Å². The first kappa shape index (κ1) is 27.7. The molecule has 0 unspecified atom stereocenters. The van der Waals surface area contributed by atoms with Crippen LogP contribution in [0.3, 0.4) is 0 Å². The largest absolute Gasteiger partial charge is 0.495 e. The summed E-state index contributed by atoms with van der Waals surface area (Å²) in [7, 11) is 0.620. The van der Waals surface area contributed by atoms with E-state index in [1.165, 1.54) is 38.6 Å². The molecule has 2 N–H and O–H groups in total. The highest BCUT2D eigenvalue weighted by Crippen LogP contribution is 2.51. The molecule has 11 nitrogen and oxygen atoms in total. The number of aryl methyl sites for hydroxylation is 1. The zero-order valence-corrected chi connectivity index (χ0v) is 23.7. The predicted octanol–water partition coefficient (Wildman–Crippen LogP) is 1.84. The number of carbonyl (C=O) groups excluding carboxylic acids is 1. The van der Waals surface area contributed by atoms with Gasteiger partial charge in [0.05, 0.1) is 19.5 Å². The third kappa shape index (κ3) is 4.42. The molecule has 1 saturated heterocycles. The molecule has 0 bridgehead atoms. The number of methoxy groups -OCH3 is 1. The highest BCUT2D eigenvalue weighted by molar-refractivity contribution is 7.91. The first-order chi connectivity index (χ1) is 18.9. The van der Waals surface area contributed by atoms with Gasteiger partial charge in [-0.2, -0.15) is 5.10 Å². The zero-order valence-electron chi connectivity index (χ0n) is 22.8. The molecule has 0 amide bonds. The third-order valence-electron chi connectivity index (χ3n) is 8.06. The SMILES string of the molecule is COc1ccc(C(=O)Cc2ccc(F)c([C@@]3(C)N=C(N)N(C)S(=O)(=O)[C@@]34CCN(Cc3cnn(C)c3)C4)c2)nc1. The molecule has 13 heteroatoms. The number of carbonyl (C=O) groups is 1. The maximum absolute atomic E-state index is 15.6. The van der Waals surface area contributed by atoms with E-state index in [-0.39, 0.29) is 42.4 Å². The molecule has 40 heavy (non-hydrogen) atoms. The van der Waals surface area contributed by atoms with Crippen molar-refractivity contribution in [2.45, 2.75) is 36.6 Å². The number of aromatic nitrogens is 3. The van der Waals surface area contributed by atoms with E-state index in [4.69, 9.17) is 10.5 Å². The Kier molecular flexibility index (Phi) is 6.91. The number of sulfonamides is 1. The Morgan fingerprint density at radius 3 is 2.60 bits per heavy atom. The normalized spacial score (nSPS) is 24.3. The summed E-state index contributed by atoms with van der Waals surface area (Å²) in [6.45, 7) is 2.67. The molecule has 1 spiro atoms. The van der Waals surface area contributed by atoms with Gasteiger partial charge in [0, 0.05) is 57.5 Å². The maximum atomic E-state index is 15.6. The Labute approximate surface area is 232 Å². The van der Waals surface area contributed by atoms with Gasteiger partial charge in [-0.15, -0.1) is 0 Å². The van der Waals surface area contributed by atoms with Crippen molar-refractivity contribution in [2.24, 2.45) is 17.8 Å². The van der Waals surface area contributed by atoms with E-state index in [0.29, 0.717) is 24.4 Å². The second kappa shape index (κ2) is 9.97. The van der Waals surface area contributed by atoms with Gasteiger partial charge in [-0.05, 0) is 43.2 Å². The van der Waals surface area contributed by atoms with Gasteiger partial charge in [0.25, 0.3) is 0 Å². The average Bonchev–Trinajstić information content (AvgIpc) is 3.55. The number of halogens is 1. The number of ether oxygens (including phenoxy) is 1. The lowest BCUT2D eigenvalue weighted by Gasteiger charge is -2.48. The maximum Gasteiger partial charge on any atom is 0.247 e. The van der Waals surface area contributed by atoms with E-state index in [2.05, 4.69) is 15.1 Å². The number of aliphatic imine (C=N–C) groups is 1. The number of hydrogen-bond acceptors (Lipinski definition) is 9. The van der Waals surface area contributed by atoms with Crippen molar-refractivity contribution < 1.29 is 22.3 Å². The van der Waals surface area contributed by atoms with Gasteiger partial charge in [0.2, 0.25) is 16.0 Å². The van der Waals surface area contributed by atoms with Crippen LogP contribution in [0.25, 0.3) is 0 Å². The number of pyridine rings is 1. The lowest BCUT2D eigenvalue weighted by Crippen LogP contribution is -2.66. The fourth-order valence-corrected chi connectivity index (χ4v) is 7.92. The van der Waals surface area contributed by atoms with Crippen LogP contribution in [0.5, 0.6) is 5.75 Å². The lowest BCUT2D eigenvalue weighted by molar-refractivity contribution is 0.0988. The molecule has 2 aliphatic rings. The fraction of sp³-hybridized carbons (Fsp3) is 0.407. The van der Waals surface area contributed by atoms with Gasteiger partial charge in [0.1, 0.15) is 27.5 Å². The third-order valence-corrected chi connectivity index (χ3v) is 10.7. The minimum Gasteiger partial charge on any atom is -0.495 e. The summed E-state index contributed by atoms with van der Waals surface area (Å²) in [5, 5.41) is 4.20. The number of likely N-dealkylation sites (tertiary alicyclic amines) is 1. The van der Waals surface area contributed by atoms with E-state index in [0.717, 1.165) is 9.87 Å². The Balaban J connectivity index is 1.53. The molecular formula is C27H32FN7O4S. The summed E-state index contributed by atoms with van der Waals surface area (Å²) in [4.78, 5) is 23.8. The van der Waals surface area contributed by atoms with E-state index in [1.54, 1.807) is 29.9 Å². The Hall–Kier alpha value is -3.84. The number of nitrogens with two attached hydrogens (primary N) is 1. The van der Waals surface area contributed by atoms with Crippen LogP contribution in [0.2, 0.25) is 0 Å². The van der Waals surface area contributed by atoms with Crippen molar-refractivity contribution in [3.8, 4) is 5.75 Å². The monoisotopic (exact) mass is 569 g/mol. The molecule has 0 radical (unpaired) electrons. The summed E-state index contributed by atoms with van der Waals surface area (Å²) < 4.78 is 50.1. The minimum absolute atomic E-state index is 0.0608. The van der Waals surface area contributed by atoms with E-state index < -0.39 is 26.1 Å². The molecule has 2 aliphatic heterocycles. The number of ketones is 1. The Morgan fingerprint density at radius 1 is 1.18 bits per heavy atom. The summed E-state index contributed by atoms with van der Waals surface area (Å²) in [6, 6.07) is 7.48. The molecule has 1 fully saturated rings. The average molecular weight is 570 g/mol. The van der Waals surface area contributed by atoms with Gasteiger partial charge in [0.15, 0.2) is 5.78 Å². The van der Waals surface area contributed by atoms with Crippen LogP contribution >= 0.6 is 0 Å². The number of hydrogen-bond donors (Lipinski definition) is 1. The van der Waals surface area contributed by atoms with Crippen molar-refractivity contribution in [3.63, 3.8) is 0 Å². The summed E-state index contributed by atoms with van der Waals surface area (Å²) in [5.41, 5.74) is 6.31. The van der Waals surface area contributed by atoms with Crippen LogP contribution in [0.15, 0.2) is 53.9 Å². The minimum atomic E-state index is -4.07. The summed E-state index contributed by atoms with van der Waals surface area (Å²) in [5.74, 6) is -0.598. The molecule has 3 aromatic rings. The molecule has 212 valence electrons. The van der Waals surface area contributed by atoms with E-state index in [1.807, 2.05) is 18.1 Å². The molecule has 2 atom stereocenters. The highest BCUT2D eigenvalue weighted by atomic mass is 32.2. The number of benzene rings is 1. The smallest absolute Gasteiger partial charge is 0.247 e. The molecule has 0 aliphatic carbocycles. The molecule has 5 rings (SSSR count).